The number of ether oxygens (including phenoxy) is 2. The minimum atomic E-state index is -4.72. The molecule has 214 valence electrons. The molecule has 2 heterocycles. The van der Waals surface area contributed by atoms with E-state index in [0.717, 1.165) is 28.6 Å². The van der Waals surface area contributed by atoms with E-state index >= 15 is 0 Å². The van der Waals surface area contributed by atoms with Crippen molar-refractivity contribution in [1.82, 2.24) is 0 Å². The molecule has 3 aromatic rings. The van der Waals surface area contributed by atoms with Crippen LogP contribution < -0.4 is 9.04 Å². The fourth-order valence-electron chi connectivity index (χ4n) is 3.87. The molecule has 1 fully saturated rings. The largest absolute Gasteiger partial charge is 0.489 e. The van der Waals surface area contributed by atoms with Gasteiger partial charge in [0.25, 0.3) is 10.0 Å². The molecule has 0 aromatic heterocycles. The molecule has 0 saturated carbocycles. The maximum Gasteiger partial charge on any atom is 0.416 e. The fraction of sp³-hybridized carbons (Fsp3) is 0.269. The van der Waals surface area contributed by atoms with Crippen LogP contribution in [0.4, 0.5) is 27.6 Å². The molecule has 0 spiro atoms. The van der Waals surface area contributed by atoms with Crippen molar-refractivity contribution in [3.8, 4) is 16.9 Å². The van der Waals surface area contributed by atoms with Crippen molar-refractivity contribution < 1.29 is 49.7 Å². The topological polar surface area (TPSA) is 93.1 Å². The number of anilines is 1. The van der Waals surface area contributed by atoms with Gasteiger partial charge in [-0.15, -0.1) is 0 Å². The van der Waals surface area contributed by atoms with Crippen molar-refractivity contribution in [1.29, 1.82) is 0 Å². The van der Waals surface area contributed by atoms with Crippen LogP contribution in [0.3, 0.4) is 0 Å². The van der Waals surface area contributed by atoms with Gasteiger partial charge in [0.2, 0.25) is 0 Å². The van der Waals surface area contributed by atoms with E-state index in [2.05, 4.69) is 0 Å². The Morgan fingerprint density at radius 1 is 1.07 bits per heavy atom. The van der Waals surface area contributed by atoms with Gasteiger partial charge in [-0.1, -0.05) is 23.7 Å². The number of nitrogens with zero attached hydrogens (tertiary/aromatic N) is 1. The van der Waals surface area contributed by atoms with Gasteiger partial charge in [0.15, 0.2) is 0 Å². The lowest BCUT2D eigenvalue weighted by Gasteiger charge is -2.33. The molecule has 40 heavy (non-hydrogen) atoms. The number of halogens is 6. The minimum Gasteiger partial charge on any atom is -0.489 e. The SMILES string of the molecule is CC1(C(=O)O)COC1.O=S(=O)(c1cccc(C(F)(F)F)c1)N1CCOc2ccc(-c3cc(F)cc(F)c3Cl)cc21. The zero-order valence-corrected chi connectivity index (χ0v) is 22.2. The predicted molar refractivity (Wildman–Crippen MR) is 135 cm³/mol. The Hall–Kier alpha value is -3.42. The maximum atomic E-state index is 13.9. The molecular weight excluding hydrogens is 585 g/mol. The highest BCUT2D eigenvalue weighted by molar-refractivity contribution is 7.92. The molecule has 0 atom stereocenters. The summed E-state index contributed by atoms with van der Waals surface area (Å²) in [6, 6.07) is 9.13. The van der Waals surface area contributed by atoms with Crippen molar-refractivity contribution >= 4 is 33.3 Å². The van der Waals surface area contributed by atoms with Crippen LogP contribution in [0.5, 0.6) is 5.75 Å². The van der Waals surface area contributed by atoms with Crippen molar-refractivity contribution in [2.75, 3.05) is 30.7 Å². The molecule has 0 radical (unpaired) electrons. The third-order valence-electron chi connectivity index (χ3n) is 6.19. The van der Waals surface area contributed by atoms with Crippen molar-refractivity contribution in [3.05, 3.63) is 76.8 Å². The second-order valence-corrected chi connectivity index (χ2v) is 11.5. The predicted octanol–water partition coefficient (Wildman–Crippen LogP) is 6.00. The van der Waals surface area contributed by atoms with E-state index < -0.39 is 49.7 Å². The number of carboxylic acids is 1. The minimum absolute atomic E-state index is 0.00639. The summed E-state index contributed by atoms with van der Waals surface area (Å²) < 4.78 is 104. The lowest BCUT2D eigenvalue weighted by atomic mass is 9.89. The van der Waals surface area contributed by atoms with E-state index in [1.54, 1.807) is 6.92 Å². The van der Waals surface area contributed by atoms with Crippen LogP contribution in [0.25, 0.3) is 11.1 Å². The molecule has 1 saturated heterocycles. The number of rotatable bonds is 4. The van der Waals surface area contributed by atoms with Crippen LogP contribution in [-0.4, -0.2) is 45.9 Å². The summed E-state index contributed by atoms with van der Waals surface area (Å²) in [5, 5.41) is 8.05. The van der Waals surface area contributed by atoms with E-state index in [9.17, 15) is 35.2 Å². The number of fused-ring (bicyclic) bond motifs is 1. The van der Waals surface area contributed by atoms with Gasteiger partial charge < -0.3 is 14.6 Å². The Kier molecular flexibility index (Phi) is 8.03. The molecule has 14 heteroatoms. The molecule has 2 aliphatic heterocycles. The van der Waals surface area contributed by atoms with Gasteiger partial charge in [0.05, 0.1) is 40.9 Å². The fourth-order valence-corrected chi connectivity index (χ4v) is 5.58. The van der Waals surface area contributed by atoms with Crippen molar-refractivity contribution in [3.63, 3.8) is 0 Å². The summed E-state index contributed by atoms with van der Waals surface area (Å²) in [6.07, 6.45) is -4.72. The third kappa shape index (κ3) is 5.86. The van der Waals surface area contributed by atoms with Crippen LogP contribution in [0.2, 0.25) is 5.02 Å². The first-order valence-electron chi connectivity index (χ1n) is 11.6. The van der Waals surface area contributed by atoms with Crippen LogP contribution >= 0.6 is 11.6 Å². The summed E-state index contributed by atoms with van der Waals surface area (Å²) in [5.74, 6) is -2.50. The van der Waals surface area contributed by atoms with Crippen molar-refractivity contribution in [2.24, 2.45) is 5.41 Å². The van der Waals surface area contributed by atoms with E-state index in [1.165, 1.54) is 18.2 Å². The molecule has 0 amide bonds. The number of aliphatic carboxylic acids is 1. The normalized spacial score (nSPS) is 16.1. The Morgan fingerprint density at radius 3 is 2.35 bits per heavy atom. The summed E-state index contributed by atoms with van der Waals surface area (Å²) >= 11 is 5.95. The van der Waals surface area contributed by atoms with E-state index in [1.807, 2.05) is 0 Å². The molecule has 3 aromatic carbocycles. The first kappa shape index (κ1) is 29.6. The highest BCUT2D eigenvalue weighted by Gasteiger charge is 2.41. The standard InChI is InChI=1S/C21H13ClF5NO3S.C5H8O3/c22-20-16(10-14(23)11-17(20)24)12-4-5-19-18(8-12)28(6-7-31-19)32(29,30)15-3-1-2-13(9-15)21(25,26)27;1-5(4(6)7)2-8-3-5/h1-5,8-11H,6-7H2;2-3H2,1H3,(H,6,7). The first-order valence-corrected chi connectivity index (χ1v) is 13.4. The zero-order chi connectivity index (χ0) is 29.5. The number of carbonyl (C=O) groups is 1. The quantitative estimate of drug-likeness (QED) is 0.290. The lowest BCUT2D eigenvalue weighted by Crippen LogP contribution is -2.46. The smallest absolute Gasteiger partial charge is 0.416 e. The van der Waals surface area contributed by atoms with E-state index in [4.69, 9.17) is 26.2 Å². The van der Waals surface area contributed by atoms with Gasteiger partial charge in [-0.3, -0.25) is 9.10 Å². The lowest BCUT2D eigenvalue weighted by molar-refractivity contribution is -0.175. The second kappa shape index (κ2) is 10.9. The molecule has 1 N–H and O–H groups in total. The summed E-state index contributed by atoms with van der Waals surface area (Å²) in [7, 11) is -4.41. The number of carboxylic acid groups (broad SMARTS) is 1. The third-order valence-corrected chi connectivity index (χ3v) is 8.38. The van der Waals surface area contributed by atoms with Crippen LogP contribution in [-0.2, 0) is 25.7 Å². The number of hydrogen-bond acceptors (Lipinski definition) is 5. The van der Waals surface area contributed by atoms with Gasteiger partial charge in [0, 0.05) is 11.6 Å². The van der Waals surface area contributed by atoms with Crippen LogP contribution in [0.1, 0.15) is 12.5 Å². The molecule has 7 nitrogen and oxygen atoms in total. The van der Waals surface area contributed by atoms with Crippen LogP contribution in [0.15, 0.2) is 59.5 Å². The second-order valence-electron chi connectivity index (χ2n) is 9.24. The molecular formula is C26H21ClF5NO6S. The number of alkyl halides is 3. The highest BCUT2D eigenvalue weighted by atomic mass is 35.5. The zero-order valence-electron chi connectivity index (χ0n) is 20.6. The monoisotopic (exact) mass is 605 g/mol. The first-order chi connectivity index (χ1) is 18.6. The van der Waals surface area contributed by atoms with Gasteiger partial charge in [-0.2, -0.15) is 13.2 Å². The average molecular weight is 606 g/mol. The van der Waals surface area contributed by atoms with Crippen molar-refractivity contribution in [2.45, 2.75) is 18.0 Å². The summed E-state index contributed by atoms with van der Waals surface area (Å²) in [5.41, 5.74) is -1.51. The number of sulfonamides is 1. The molecule has 0 aliphatic carbocycles. The summed E-state index contributed by atoms with van der Waals surface area (Å²) in [6.45, 7) is 2.18. The Labute approximate surface area is 230 Å². The number of hydrogen-bond donors (Lipinski definition) is 1. The van der Waals surface area contributed by atoms with Gasteiger partial charge >= 0.3 is 12.1 Å². The van der Waals surface area contributed by atoms with Gasteiger partial charge in [0.1, 0.15) is 29.4 Å². The summed E-state index contributed by atoms with van der Waals surface area (Å²) in [4.78, 5) is 9.67. The maximum absolute atomic E-state index is 13.9. The van der Waals surface area contributed by atoms with Crippen LogP contribution in [0, 0.1) is 17.0 Å². The van der Waals surface area contributed by atoms with E-state index in [0.29, 0.717) is 25.3 Å². The molecule has 5 rings (SSSR count). The number of benzene rings is 3. The average Bonchev–Trinajstić information content (AvgIpc) is 2.88. The van der Waals surface area contributed by atoms with Gasteiger partial charge in [-0.05, 0) is 48.9 Å². The van der Waals surface area contributed by atoms with Gasteiger partial charge in [-0.25, -0.2) is 17.2 Å². The van der Waals surface area contributed by atoms with E-state index in [-0.39, 0.29) is 40.7 Å². The molecule has 0 bridgehead atoms. The highest BCUT2D eigenvalue weighted by Crippen LogP contribution is 2.41. The Bertz CT molecular complexity index is 1560. The molecule has 0 unspecified atom stereocenters. The Morgan fingerprint density at radius 2 is 1.77 bits per heavy atom. The molecule has 2 aliphatic rings. The Balaban J connectivity index is 0.000000398.